The number of para-hydroxylation sites is 1. The maximum Gasteiger partial charge on any atom is 0.174 e. The summed E-state index contributed by atoms with van der Waals surface area (Å²) >= 11 is 5.69. The Hall–Kier alpha value is -3.51. The van der Waals surface area contributed by atoms with Crippen molar-refractivity contribution in [2.24, 2.45) is 0 Å². The van der Waals surface area contributed by atoms with Crippen LogP contribution >= 0.6 is 12.2 Å². The molecule has 1 N–H and O–H groups in total. The van der Waals surface area contributed by atoms with E-state index in [4.69, 9.17) is 16.6 Å². The number of nitrogens with zero attached hydrogens (tertiary/aromatic N) is 2. The lowest BCUT2D eigenvalue weighted by Gasteiger charge is -2.26. The van der Waals surface area contributed by atoms with Gasteiger partial charge in [0.25, 0.3) is 0 Å². The van der Waals surface area contributed by atoms with Gasteiger partial charge in [-0.3, -0.25) is 4.98 Å². The minimum atomic E-state index is -0.277. The summed E-state index contributed by atoms with van der Waals surface area (Å²) in [6, 6.07) is 25.5. The van der Waals surface area contributed by atoms with Crippen LogP contribution in [0.4, 0.5) is 10.1 Å². The number of hydrogen-bond acceptors (Lipinski definition) is 3. The van der Waals surface area contributed by atoms with Gasteiger partial charge in [-0.05, 0) is 72.9 Å². The SMILES string of the molecule is Fc1ccc(-c2ccc([C@H]3[C@H](c4ccccn4)NC(=S)N3c3ccccc3)o2)cc1. The third-order valence-corrected chi connectivity index (χ3v) is 5.49. The second-order valence-electron chi connectivity index (χ2n) is 7.04. The smallest absolute Gasteiger partial charge is 0.174 e. The van der Waals surface area contributed by atoms with Crippen molar-refractivity contribution in [3.05, 3.63) is 108 Å². The van der Waals surface area contributed by atoms with Crippen LogP contribution in [0.2, 0.25) is 0 Å². The van der Waals surface area contributed by atoms with Crippen molar-refractivity contribution in [3.8, 4) is 11.3 Å². The number of rotatable bonds is 4. The van der Waals surface area contributed by atoms with Crippen molar-refractivity contribution in [3.63, 3.8) is 0 Å². The van der Waals surface area contributed by atoms with E-state index in [1.807, 2.05) is 60.7 Å². The predicted octanol–water partition coefficient (Wildman–Crippen LogP) is 5.66. The highest BCUT2D eigenvalue weighted by atomic mass is 32.1. The average Bonchev–Trinajstić information content (AvgIpc) is 3.40. The van der Waals surface area contributed by atoms with Gasteiger partial charge in [0.05, 0.1) is 11.7 Å². The molecular weight excluding hydrogens is 397 g/mol. The molecule has 4 nitrogen and oxygen atoms in total. The Balaban J connectivity index is 1.59. The number of aromatic nitrogens is 1. The molecule has 2 atom stereocenters. The van der Waals surface area contributed by atoms with Gasteiger partial charge in [0.1, 0.15) is 23.4 Å². The van der Waals surface area contributed by atoms with Crippen molar-refractivity contribution in [1.82, 2.24) is 10.3 Å². The molecular formula is C24H18FN3OS. The normalized spacial score (nSPS) is 18.4. The molecule has 2 aromatic carbocycles. The summed E-state index contributed by atoms with van der Waals surface area (Å²) in [7, 11) is 0. The highest BCUT2D eigenvalue weighted by molar-refractivity contribution is 7.80. The van der Waals surface area contributed by atoms with Gasteiger partial charge in [-0.15, -0.1) is 0 Å². The number of pyridine rings is 1. The number of halogens is 1. The van der Waals surface area contributed by atoms with Gasteiger partial charge < -0.3 is 14.6 Å². The van der Waals surface area contributed by atoms with Crippen LogP contribution in [0.3, 0.4) is 0 Å². The molecule has 148 valence electrons. The van der Waals surface area contributed by atoms with Crippen LogP contribution in [0.1, 0.15) is 23.5 Å². The largest absolute Gasteiger partial charge is 0.459 e. The van der Waals surface area contributed by atoms with Gasteiger partial charge in [0.15, 0.2) is 5.11 Å². The Morgan fingerprint density at radius 2 is 1.67 bits per heavy atom. The summed E-state index contributed by atoms with van der Waals surface area (Å²) < 4.78 is 19.6. The van der Waals surface area contributed by atoms with Gasteiger partial charge in [0.2, 0.25) is 0 Å². The summed E-state index contributed by atoms with van der Waals surface area (Å²) in [6.45, 7) is 0. The van der Waals surface area contributed by atoms with E-state index in [0.29, 0.717) is 10.9 Å². The van der Waals surface area contributed by atoms with Crippen molar-refractivity contribution in [2.75, 3.05) is 4.90 Å². The first kappa shape index (κ1) is 18.5. The number of anilines is 1. The fourth-order valence-electron chi connectivity index (χ4n) is 3.79. The molecule has 1 fully saturated rings. The van der Waals surface area contributed by atoms with Crippen LogP contribution in [-0.2, 0) is 0 Å². The van der Waals surface area contributed by atoms with Gasteiger partial charge in [-0.1, -0.05) is 24.3 Å². The first-order chi connectivity index (χ1) is 14.7. The Morgan fingerprint density at radius 1 is 0.900 bits per heavy atom. The fourth-order valence-corrected chi connectivity index (χ4v) is 4.14. The van der Waals surface area contributed by atoms with E-state index in [0.717, 1.165) is 22.7 Å². The third-order valence-electron chi connectivity index (χ3n) is 5.18. The van der Waals surface area contributed by atoms with Crippen molar-refractivity contribution < 1.29 is 8.81 Å². The Labute approximate surface area is 179 Å². The summed E-state index contributed by atoms with van der Waals surface area (Å²) in [5.74, 6) is 1.15. The van der Waals surface area contributed by atoms with Crippen molar-refractivity contribution in [1.29, 1.82) is 0 Å². The molecule has 0 saturated carbocycles. The second kappa shape index (κ2) is 7.72. The summed E-state index contributed by atoms with van der Waals surface area (Å²) in [5.41, 5.74) is 2.66. The van der Waals surface area contributed by atoms with E-state index in [2.05, 4.69) is 15.2 Å². The molecule has 0 spiro atoms. The number of furan rings is 1. The average molecular weight is 415 g/mol. The maximum absolute atomic E-state index is 13.3. The van der Waals surface area contributed by atoms with Crippen LogP contribution < -0.4 is 10.2 Å². The summed E-state index contributed by atoms with van der Waals surface area (Å²) in [4.78, 5) is 6.60. The van der Waals surface area contributed by atoms with Gasteiger partial charge in [-0.2, -0.15) is 0 Å². The first-order valence-corrected chi connectivity index (χ1v) is 10.0. The van der Waals surface area contributed by atoms with Crippen LogP contribution in [-0.4, -0.2) is 10.1 Å². The number of benzene rings is 2. The molecule has 6 heteroatoms. The number of hydrogen-bond donors (Lipinski definition) is 1. The Morgan fingerprint density at radius 3 is 2.40 bits per heavy atom. The van der Waals surface area contributed by atoms with Crippen LogP contribution in [0.15, 0.2) is 95.5 Å². The second-order valence-corrected chi connectivity index (χ2v) is 7.43. The molecule has 0 amide bonds. The molecule has 3 heterocycles. The van der Waals surface area contributed by atoms with Gasteiger partial charge >= 0.3 is 0 Å². The summed E-state index contributed by atoms with van der Waals surface area (Å²) in [6.07, 6.45) is 1.77. The molecule has 1 saturated heterocycles. The number of nitrogens with one attached hydrogen (secondary N) is 1. The minimum absolute atomic E-state index is 0.175. The van der Waals surface area contributed by atoms with Crippen molar-refractivity contribution in [2.45, 2.75) is 12.1 Å². The highest BCUT2D eigenvalue weighted by Crippen LogP contribution is 2.42. The quantitative estimate of drug-likeness (QED) is 0.436. The molecule has 4 aromatic rings. The number of thiocarbonyl (C=S) groups is 1. The van der Waals surface area contributed by atoms with Crippen LogP contribution in [0, 0.1) is 5.82 Å². The molecule has 0 aliphatic carbocycles. The van der Waals surface area contributed by atoms with E-state index in [1.54, 1.807) is 18.3 Å². The monoisotopic (exact) mass is 415 g/mol. The molecule has 1 aliphatic heterocycles. The Bertz CT molecular complexity index is 1160. The lowest BCUT2D eigenvalue weighted by atomic mass is 10.0. The van der Waals surface area contributed by atoms with Crippen LogP contribution in [0.5, 0.6) is 0 Å². The molecule has 5 rings (SSSR count). The zero-order valence-corrected chi connectivity index (χ0v) is 16.7. The molecule has 30 heavy (non-hydrogen) atoms. The Kier molecular flexibility index (Phi) is 4.77. The highest BCUT2D eigenvalue weighted by Gasteiger charge is 2.42. The van der Waals surface area contributed by atoms with E-state index in [1.165, 1.54) is 12.1 Å². The third kappa shape index (κ3) is 3.35. The van der Waals surface area contributed by atoms with E-state index in [9.17, 15) is 4.39 Å². The first-order valence-electron chi connectivity index (χ1n) is 9.62. The fraction of sp³-hybridized carbons (Fsp3) is 0.0833. The molecule has 2 aromatic heterocycles. The van der Waals surface area contributed by atoms with Gasteiger partial charge in [0, 0.05) is 17.4 Å². The molecule has 0 bridgehead atoms. The van der Waals surface area contributed by atoms with Crippen molar-refractivity contribution >= 4 is 23.0 Å². The lowest BCUT2D eigenvalue weighted by Crippen LogP contribution is -2.29. The molecule has 0 radical (unpaired) electrons. The lowest BCUT2D eigenvalue weighted by molar-refractivity contribution is 0.439. The zero-order valence-electron chi connectivity index (χ0n) is 15.9. The predicted molar refractivity (Wildman–Crippen MR) is 118 cm³/mol. The minimum Gasteiger partial charge on any atom is -0.459 e. The molecule has 0 unspecified atom stereocenters. The van der Waals surface area contributed by atoms with E-state index in [-0.39, 0.29) is 17.9 Å². The van der Waals surface area contributed by atoms with Crippen LogP contribution in [0.25, 0.3) is 11.3 Å². The maximum atomic E-state index is 13.3. The standard InChI is InChI=1S/C24H18FN3OS/c25-17-11-9-16(10-12-17)20-13-14-21(29-20)23-22(19-8-4-5-15-26-19)27-24(30)28(23)18-6-2-1-3-7-18/h1-15,22-23H,(H,27,30)/t22-,23-/m0/s1. The topological polar surface area (TPSA) is 41.3 Å². The summed E-state index contributed by atoms with van der Waals surface area (Å²) in [5, 5.41) is 4.02. The van der Waals surface area contributed by atoms with E-state index < -0.39 is 0 Å². The van der Waals surface area contributed by atoms with E-state index >= 15 is 0 Å². The molecule has 1 aliphatic rings. The zero-order chi connectivity index (χ0) is 20.5. The van der Waals surface area contributed by atoms with Gasteiger partial charge in [-0.25, -0.2) is 4.39 Å².